The van der Waals surface area contributed by atoms with E-state index in [9.17, 15) is 14.0 Å². The van der Waals surface area contributed by atoms with Gasteiger partial charge in [-0.05, 0) is 34.9 Å². The number of benzene rings is 2. The molecule has 1 aromatic heterocycles. The van der Waals surface area contributed by atoms with E-state index in [1.165, 1.54) is 28.5 Å². The van der Waals surface area contributed by atoms with E-state index in [1.807, 2.05) is 12.1 Å². The number of amides is 3. The predicted octanol–water partition coefficient (Wildman–Crippen LogP) is 2.87. The van der Waals surface area contributed by atoms with Crippen LogP contribution in [0.3, 0.4) is 0 Å². The third-order valence-corrected chi connectivity index (χ3v) is 4.55. The lowest BCUT2D eigenvalue weighted by Crippen LogP contribution is -2.47. The topological polar surface area (TPSA) is 83.1 Å². The first kappa shape index (κ1) is 17.0. The lowest BCUT2D eigenvalue weighted by Gasteiger charge is -2.09. The molecule has 1 saturated carbocycles. The van der Waals surface area contributed by atoms with Crippen molar-refractivity contribution >= 4 is 22.7 Å². The number of pyridine rings is 1. The van der Waals surface area contributed by atoms with Crippen LogP contribution in [0.5, 0.6) is 0 Å². The van der Waals surface area contributed by atoms with Crippen LogP contribution in [0.4, 0.5) is 9.18 Å². The number of halogens is 1. The number of carbonyl (C=O) groups excluding carboxylic acids is 2. The van der Waals surface area contributed by atoms with Gasteiger partial charge in [-0.25, -0.2) is 15.2 Å². The number of urea groups is 1. The summed E-state index contributed by atoms with van der Waals surface area (Å²) in [5.41, 5.74) is 5.53. The second-order valence-electron chi connectivity index (χ2n) is 6.45. The zero-order chi connectivity index (χ0) is 18.8. The van der Waals surface area contributed by atoms with E-state index < -0.39 is 17.9 Å². The molecule has 1 fully saturated rings. The van der Waals surface area contributed by atoms with Crippen LogP contribution >= 0.6 is 0 Å². The first-order valence-corrected chi connectivity index (χ1v) is 8.58. The molecule has 27 heavy (non-hydrogen) atoms. The van der Waals surface area contributed by atoms with Gasteiger partial charge in [-0.15, -0.1) is 0 Å². The second kappa shape index (κ2) is 7.03. The molecule has 0 radical (unpaired) electrons. The van der Waals surface area contributed by atoms with Crippen molar-refractivity contribution in [3.05, 3.63) is 77.9 Å². The fourth-order valence-corrected chi connectivity index (χ4v) is 3.08. The number of hydrogen-bond acceptors (Lipinski definition) is 3. The van der Waals surface area contributed by atoms with Crippen LogP contribution in [0, 0.1) is 5.95 Å². The number of hydrogen-bond donors (Lipinski definition) is 3. The summed E-state index contributed by atoms with van der Waals surface area (Å²) < 4.78 is 13.0. The summed E-state index contributed by atoms with van der Waals surface area (Å²) in [6.45, 7) is 0. The highest BCUT2D eigenvalue weighted by atomic mass is 19.1. The molecule has 3 N–H and O–H groups in total. The van der Waals surface area contributed by atoms with Gasteiger partial charge < -0.3 is 5.32 Å². The first-order chi connectivity index (χ1) is 13.1. The Bertz CT molecular complexity index is 1020. The molecule has 0 aliphatic heterocycles. The summed E-state index contributed by atoms with van der Waals surface area (Å²) in [7, 11) is 0. The van der Waals surface area contributed by atoms with E-state index in [0.29, 0.717) is 0 Å². The third-order valence-electron chi connectivity index (χ3n) is 4.55. The van der Waals surface area contributed by atoms with Gasteiger partial charge in [-0.2, -0.15) is 4.39 Å². The van der Waals surface area contributed by atoms with Gasteiger partial charge in [0.15, 0.2) is 0 Å². The number of carbonyl (C=O) groups is 2. The molecule has 4 rings (SSSR count). The Labute approximate surface area is 154 Å². The minimum absolute atomic E-state index is 0.00959. The predicted molar refractivity (Wildman–Crippen MR) is 98.4 cm³/mol. The smallest absolute Gasteiger partial charge is 0.333 e. The minimum atomic E-state index is -0.761. The molecule has 3 amide bonds. The molecule has 136 valence electrons. The number of nitrogens with one attached hydrogen (secondary N) is 3. The quantitative estimate of drug-likeness (QED) is 0.494. The first-order valence-electron chi connectivity index (χ1n) is 8.58. The zero-order valence-electron chi connectivity index (χ0n) is 14.3. The summed E-state index contributed by atoms with van der Waals surface area (Å²) >= 11 is 0. The maximum Gasteiger partial charge on any atom is 0.333 e. The average Bonchev–Trinajstić information content (AvgIpc) is 3.44. The van der Waals surface area contributed by atoms with Crippen molar-refractivity contribution in [1.82, 2.24) is 21.2 Å². The molecule has 0 bridgehead atoms. The molecule has 2 atom stereocenters. The molecule has 0 unspecified atom stereocenters. The summed E-state index contributed by atoms with van der Waals surface area (Å²) in [4.78, 5) is 27.2. The van der Waals surface area contributed by atoms with Crippen molar-refractivity contribution in [1.29, 1.82) is 0 Å². The Morgan fingerprint density at radius 2 is 1.78 bits per heavy atom. The summed E-state index contributed by atoms with van der Waals surface area (Å²) in [5, 5.41) is 5.15. The Hall–Kier alpha value is -3.48. The third kappa shape index (κ3) is 3.87. The van der Waals surface area contributed by atoms with Gasteiger partial charge in [0.1, 0.15) is 5.69 Å². The highest BCUT2D eigenvalue weighted by Gasteiger charge is 2.39. The molecular formula is C20H17FN4O2. The van der Waals surface area contributed by atoms with E-state index in [1.54, 1.807) is 0 Å². The van der Waals surface area contributed by atoms with Crippen LogP contribution in [0.2, 0.25) is 0 Å². The van der Waals surface area contributed by atoms with E-state index in [2.05, 4.69) is 51.5 Å². The summed E-state index contributed by atoms with van der Waals surface area (Å²) in [5.74, 6) is -1.20. The lowest BCUT2D eigenvalue weighted by molar-refractivity contribution is 0.0930. The zero-order valence-corrected chi connectivity index (χ0v) is 14.3. The number of hydrazine groups is 1. The van der Waals surface area contributed by atoms with Crippen LogP contribution in [0.15, 0.2) is 60.7 Å². The van der Waals surface area contributed by atoms with Gasteiger partial charge in [-0.1, -0.05) is 48.5 Å². The molecule has 2 aromatic carbocycles. The second-order valence-corrected chi connectivity index (χ2v) is 6.45. The molecule has 3 aromatic rings. The minimum Gasteiger partial charge on any atom is -0.333 e. The number of fused-ring (bicyclic) bond motifs is 1. The van der Waals surface area contributed by atoms with Gasteiger partial charge in [0.05, 0.1) is 0 Å². The Morgan fingerprint density at radius 1 is 0.963 bits per heavy atom. The van der Waals surface area contributed by atoms with Crippen LogP contribution in [-0.2, 0) is 0 Å². The molecule has 7 heteroatoms. The van der Waals surface area contributed by atoms with Gasteiger partial charge in [-0.3, -0.25) is 10.2 Å². The van der Waals surface area contributed by atoms with Gasteiger partial charge in [0.25, 0.3) is 5.91 Å². The fourth-order valence-electron chi connectivity index (χ4n) is 3.08. The Balaban J connectivity index is 1.30. The molecule has 0 spiro atoms. The van der Waals surface area contributed by atoms with Crippen molar-refractivity contribution in [3.63, 3.8) is 0 Å². The van der Waals surface area contributed by atoms with Crippen LogP contribution < -0.4 is 16.2 Å². The van der Waals surface area contributed by atoms with E-state index in [-0.39, 0.29) is 17.7 Å². The number of rotatable bonds is 3. The largest absolute Gasteiger partial charge is 0.333 e. The lowest BCUT2D eigenvalue weighted by atomic mass is 10.0. The Kier molecular flexibility index (Phi) is 4.42. The van der Waals surface area contributed by atoms with Crippen LogP contribution in [-0.4, -0.2) is 23.0 Å². The summed E-state index contributed by atoms with van der Waals surface area (Å²) in [6, 6.07) is 17.8. The SMILES string of the molecule is O=C(NNC(=O)c1cccc(F)n1)N[C@@H]1C[C@H]1c1ccc2ccccc2c1. The van der Waals surface area contributed by atoms with Gasteiger partial charge in [0.2, 0.25) is 5.95 Å². The highest BCUT2D eigenvalue weighted by Crippen LogP contribution is 2.41. The van der Waals surface area contributed by atoms with Crippen molar-refractivity contribution in [3.8, 4) is 0 Å². The molecule has 1 heterocycles. The molecule has 1 aliphatic carbocycles. The summed E-state index contributed by atoms with van der Waals surface area (Å²) in [6.07, 6.45) is 0.838. The molecule has 6 nitrogen and oxygen atoms in total. The number of nitrogens with zero attached hydrogens (tertiary/aromatic N) is 1. The van der Waals surface area contributed by atoms with Crippen molar-refractivity contribution in [2.24, 2.45) is 0 Å². The highest BCUT2D eigenvalue weighted by molar-refractivity contribution is 5.93. The van der Waals surface area contributed by atoms with Gasteiger partial charge >= 0.3 is 6.03 Å². The average molecular weight is 364 g/mol. The normalized spacial score (nSPS) is 18.0. The van der Waals surface area contributed by atoms with Crippen molar-refractivity contribution < 1.29 is 14.0 Å². The molecule has 1 aliphatic rings. The number of aromatic nitrogens is 1. The van der Waals surface area contributed by atoms with Crippen LogP contribution in [0.1, 0.15) is 28.4 Å². The maximum absolute atomic E-state index is 13.0. The monoisotopic (exact) mass is 364 g/mol. The van der Waals surface area contributed by atoms with E-state index in [0.717, 1.165) is 12.5 Å². The van der Waals surface area contributed by atoms with Gasteiger partial charge in [0, 0.05) is 12.0 Å². The van der Waals surface area contributed by atoms with Crippen molar-refractivity contribution in [2.45, 2.75) is 18.4 Å². The van der Waals surface area contributed by atoms with E-state index >= 15 is 0 Å². The van der Waals surface area contributed by atoms with Crippen LogP contribution in [0.25, 0.3) is 10.8 Å². The molecular weight excluding hydrogens is 347 g/mol. The Morgan fingerprint density at radius 3 is 2.59 bits per heavy atom. The van der Waals surface area contributed by atoms with Crippen molar-refractivity contribution in [2.75, 3.05) is 0 Å². The molecule has 0 saturated heterocycles. The van der Waals surface area contributed by atoms with E-state index in [4.69, 9.17) is 0 Å². The maximum atomic E-state index is 13.0. The standard InChI is InChI=1S/C20H17FN4O2/c21-18-7-3-6-16(22-18)19(26)24-25-20(27)23-17-11-15(17)14-9-8-12-4-1-2-5-13(12)10-14/h1-10,15,17H,11H2,(H,24,26)(H2,23,25,27)/t15-,17+/m0/s1. The fraction of sp³-hybridized carbons (Fsp3) is 0.150.